The van der Waals surface area contributed by atoms with Gasteiger partial charge in [-0.2, -0.15) is 10.2 Å². The highest BCUT2D eigenvalue weighted by Crippen LogP contribution is 2.27. The molecule has 0 saturated heterocycles. The van der Waals surface area contributed by atoms with Crippen molar-refractivity contribution in [1.29, 1.82) is 0 Å². The molecule has 0 saturated carbocycles. The standard InChI is InChI=1S/C24H20N6O4S2/c1-35(31,32)19-10-4-8-17(13-19)23-25-21(27-29-23)15-6-3-7-16(12-15)22-26-24(30-28-22)18-9-5-11-20(14-18)36(2,33)34/h3-14H,1-2H3,(H,25,27,29)(H,26,28,30). The molecule has 5 rings (SSSR count). The van der Waals surface area contributed by atoms with E-state index in [-0.39, 0.29) is 9.79 Å². The van der Waals surface area contributed by atoms with Crippen LogP contribution in [0.2, 0.25) is 0 Å². The second-order valence-corrected chi connectivity index (χ2v) is 12.2. The summed E-state index contributed by atoms with van der Waals surface area (Å²) in [5.74, 6) is 1.72. The number of sulfone groups is 2. The lowest BCUT2D eigenvalue weighted by molar-refractivity contribution is 0.600. The van der Waals surface area contributed by atoms with E-state index in [0.717, 1.165) is 12.5 Å². The number of hydrogen-bond donors (Lipinski definition) is 2. The first-order valence-electron chi connectivity index (χ1n) is 10.6. The molecule has 0 aliphatic carbocycles. The average Bonchev–Trinajstić information content (AvgIpc) is 3.54. The van der Waals surface area contributed by atoms with Crippen molar-refractivity contribution in [3.05, 3.63) is 72.8 Å². The molecule has 0 aliphatic heterocycles. The summed E-state index contributed by atoms with van der Waals surface area (Å²) < 4.78 is 47.5. The van der Waals surface area contributed by atoms with Crippen LogP contribution in [0.3, 0.4) is 0 Å². The van der Waals surface area contributed by atoms with E-state index in [1.54, 1.807) is 36.4 Å². The Bertz CT molecular complexity index is 1680. The number of nitrogens with one attached hydrogen (secondary N) is 2. The van der Waals surface area contributed by atoms with E-state index >= 15 is 0 Å². The maximum absolute atomic E-state index is 11.9. The van der Waals surface area contributed by atoms with Crippen molar-refractivity contribution in [2.75, 3.05) is 12.5 Å². The molecule has 0 bridgehead atoms. The molecule has 12 heteroatoms. The van der Waals surface area contributed by atoms with E-state index in [1.807, 2.05) is 24.3 Å². The molecule has 2 N–H and O–H groups in total. The molecule has 0 aliphatic rings. The fourth-order valence-electron chi connectivity index (χ4n) is 3.59. The summed E-state index contributed by atoms with van der Waals surface area (Å²) in [6, 6.07) is 20.3. The second-order valence-electron chi connectivity index (χ2n) is 8.20. The van der Waals surface area contributed by atoms with Gasteiger partial charge in [-0.25, -0.2) is 26.8 Å². The minimum absolute atomic E-state index is 0.197. The lowest BCUT2D eigenvalue weighted by atomic mass is 10.1. The minimum Gasteiger partial charge on any atom is -0.259 e. The van der Waals surface area contributed by atoms with Gasteiger partial charge >= 0.3 is 0 Å². The van der Waals surface area contributed by atoms with E-state index in [1.165, 1.54) is 12.1 Å². The molecule has 2 heterocycles. The topological polar surface area (TPSA) is 151 Å². The van der Waals surface area contributed by atoms with E-state index in [2.05, 4.69) is 30.4 Å². The maximum atomic E-state index is 11.9. The number of nitrogens with zero attached hydrogens (tertiary/aromatic N) is 4. The number of hydrogen-bond acceptors (Lipinski definition) is 8. The van der Waals surface area contributed by atoms with Gasteiger partial charge in [0.2, 0.25) is 0 Å². The maximum Gasteiger partial charge on any atom is 0.181 e. The first-order chi connectivity index (χ1) is 17.1. The Balaban J connectivity index is 1.44. The van der Waals surface area contributed by atoms with Crippen LogP contribution < -0.4 is 0 Å². The molecule has 2 aromatic heterocycles. The Morgan fingerprint density at radius 1 is 0.556 bits per heavy atom. The van der Waals surface area contributed by atoms with Crippen molar-refractivity contribution >= 4 is 19.7 Å². The summed E-state index contributed by atoms with van der Waals surface area (Å²) >= 11 is 0. The third kappa shape index (κ3) is 4.81. The zero-order valence-corrected chi connectivity index (χ0v) is 20.8. The molecular formula is C24H20N6O4S2. The molecule has 0 radical (unpaired) electrons. The lowest BCUT2D eigenvalue weighted by Crippen LogP contribution is -1.97. The van der Waals surface area contributed by atoms with Crippen LogP contribution >= 0.6 is 0 Å². The van der Waals surface area contributed by atoms with Crippen LogP contribution in [0, 0.1) is 0 Å². The lowest BCUT2D eigenvalue weighted by Gasteiger charge is -2.01. The highest BCUT2D eigenvalue weighted by Gasteiger charge is 2.15. The quantitative estimate of drug-likeness (QED) is 0.346. The Labute approximate surface area is 207 Å². The van der Waals surface area contributed by atoms with E-state index < -0.39 is 19.7 Å². The minimum atomic E-state index is -3.35. The number of benzene rings is 3. The van der Waals surface area contributed by atoms with E-state index in [4.69, 9.17) is 0 Å². The summed E-state index contributed by atoms with van der Waals surface area (Å²) in [6.07, 6.45) is 2.31. The molecule has 0 atom stereocenters. The van der Waals surface area contributed by atoms with Crippen molar-refractivity contribution in [3.8, 4) is 45.6 Å². The van der Waals surface area contributed by atoms with Crippen molar-refractivity contribution in [1.82, 2.24) is 30.4 Å². The van der Waals surface area contributed by atoms with Crippen LogP contribution in [0.4, 0.5) is 0 Å². The molecule has 0 fully saturated rings. The van der Waals surface area contributed by atoms with Crippen LogP contribution in [0.5, 0.6) is 0 Å². The Kier molecular flexibility index (Phi) is 5.77. The van der Waals surface area contributed by atoms with Crippen LogP contribution in [-0.2, 0) is 19.7 Å². The van der Waals surface area contributed by atoms with Crippen molar-refractivity contribution in [2.45, 2.75) is 9.79 Å². The van der Waals surface area contributed by atoms with Crippen LogP contribution in [0.1, 0.15) is 0 Å². The SMILES string of the molecule is CS(=O)(=O)c1cccc(-c2nc(-c3cccc(-c4n[nH]c(-c5cccc(S(C)(=O)=O)c5)n4)c3)n[nH]2)c1. The van der Waals surface area contributed by atoms with Crippen molar-refractivity contribution < 1.29 is 16.8 Å². The van der Waals surface area contributed by atoms with Crippen molar-refractivity contribution in [2.24, 2.45) is 0 Å². The summed E-state index contributed by atoms with van der Waals surface area (Å²) in [7, 11) is -6.70. The van der Waals surface area contributed by atoms with Gasteiger partial charge in [-0.05, 0) is 30.3 Å². The van der Waals surface area contributed by atoms with Gasteiger partial charge in [0.25, 0.3) is 0 Å². The van der Waals surface area contributed by atoms with Gasteiger partial charge in [0.05, 0.1) is 9.79 Å². The number of H-pyrrole nitrogens is 2. The van der Waals surface area contributed by atoms with Gasteiger partial charge in [0.15, 0.2) is 43.0 Å². The highest BCUT2D eigenvalue weighted by atomic mass is 32.2. The smallest absolute Gasteiger partial charge is 0.181 e. The molecule has 3 aromatic carbocycles. The number of rotatable bonds is 6. The van der Waals surface area contributed by atoms with E-state index in [0.29, 0.717) is 45.6 Å². The monoisotopic (exact) mass is 520 g/mol. The fraction of sp³-hybridized carbons (Fsp3) is 0.0833. The molecule has 0 spiro atoms. The van der Waals surface area contributed by atoms with Gasteiger partial charge in [0.1, 0.15) is 0 Å². The van der Waals surface area contributed by atoms with Gasteiger partial charge < -0.3 is 0 Å². The van der Waals surface area contributed by atoms with Crippen LogP contribution in [0.15, 0.2) is 82.6 Å². The summed E-state index contributed by atoms with van der Waals surface area (Å²) in [6.45, 7) is 0. The molecule has 5 aromatic rings. The predicted octanol–water partition coefficient (Wildman–Crippen LogP) is 3.40. The Morgan fingerprint density at radius 3 is 1.36 bits per heavy atom. The van der Waals surface area contributed by atoms with Gasteiger partial charge in [-0.1, -0.05) is 42.5 Å². The van der Waals surface area contributed by atoms with Gasteiger partial charge in [-0.3, -0.25) is 10.2 Å². The summed E-state index contributed by atoms with van der Waals surface area (Å²) in [5.41, 5.74) is 2.62. The molecule has 182 valence electrons. The number of aromatic nitrogens is 6. The third-order valence-corrected chi connectivity index (χ3v) is 7.64. The first-order valence-corrected chi connectivity index (χ1v) is 14.4. The summed E-state index contributed by atoms with van der Waals surface area (Å²) in [4.78, 5) is 9.45. The van der Waals surface area contributed by atoms with Gasteiger partial charge in [-0.15, -0.1) is 0 Å². The average molecular weight is 521 g/mol. The Morgan fingerprint density at radius 2 is 0.944 bits per heavy atom. The zero-order chi connectivity index (χ0) is 25.5. The molecule has 36 heavy (non-hydrogen) atoms. The fourth-order valence-corrected chi connectivity index (χ4v) is 4.92. The normalized spacial score (nSPS) is 12.1. The van der Waals surface area contributed by atoms with Crippen LogP contribution in [-0.4, -0.2) is 59.7 Å². The third-order valence-electron chi connectivity index (χ3n) is 5.42. The second kappa shape index (κ2) is 8.81. The first kappa shape index (κ1) is 23.6. The molecular weight excluding hydrogens is 500 g/mol. The predicted molar refractivity (Wildman–Crippen MR) is 134 cm³/mol. The highest BCUT2D eigenvalue weighted by molar-refractivity contribution is 7.91. The van der Waals surface area contributed by atoms with Crippen molar-refractivity contribution in [3.63, 3.8) is 0 Å². The van der Waals surface area contributed by atoms with Crippen LogP contribution in [0.25, 0.3) is 45.6 Å². The molecule has 10 nitrogen and oxygen atoms in total. The largest absolute Gasteiger partial charge is 0.259 e. The number of aromatic amines is 2. The molecule has 0 unspecified atom stereocenters. The molecule has 0 amide bonds. The van der Waals surface area contributed by atoms with E-state index in [9.17, 15) is 16.8 Å². The summed E-state index contributed by atoms with van der Waals surface area (Å²) in [5, 5.41) is 14.3. The Hall–Kier alpha value is -4.16. The van der Waals surface area contributed by atoms with Gasteiger partial charge in [0, 0.05) is 34.8 Å². The zero-order valence-electron chi connectivity index (χ0n) is 19.2.